The number of hydrogen-bond acceptors (Lipinski definition) is 7. The third-order valence-corrected chi connectivity index (χ3v) is 3.50. The Morgan fingerprint density at radius 2 is 1.91 bits per heavy atom. The Balaban J connectivity index is 2.21. The molecule has 4 N–H and O–H groups in total. The quantitative estimate of drug-likeness (QED) is 0.512. The van der Waals surface area contributed by atoms with E-state index in [9.17, 15) is 24.9 Å². The SMILES string of the molecule is CC(=O)N[C@H]1[C@H](OC(=O)c2ccccc2)[C@@H](O)[C@@H](CO)O[C@H]1O. The maximum atomic E-state index is 12.2. The number of esters is 1. The summed E-state index contributed by atoms with van der Waals surface area (Å²) in [6.07, 6.45) is -5.35. The van der Waals surface area contributed by atoms with Crippen molar-refractivity contribution in [1.29, 1.82) is 0 Å². The number of aliphatic hydroxyl groups excluding tert-OH is 3. The molecule has 8 heteroatoms. The van der Waals surface area contributed by atoms with E-state index in [4.69, 9.17) is 9.47 Å². The largest absolute Gasteiger partial charge is 0.453 e. The highest BCUT2D eigenvalue weighted by Crippen LogP contribution is 2.23. The zero-order valence-corrected chi connectivity index (χ0v) is 12.5. The lowest BCUT2D eigenvalue weighted by atomic mass is 9.96. The van der Waals surface area contributed by atoms with Gasteiger partial charge in [0.2, 0.25) is 5.91 Å². The minimum atomic E-state index is -1.53. The molecule has 1 aliphatic rings. The third-order valence-electron chi connectivity index (χ3n) is 3.50. The topological polar surface area (TPSA) is 125 Å². The molecule has 1 heterocycles. The van der Waals surface area contributed by atoms with Gasteiger partial charge in [0.25, 0.3) is 0 Å². The van der Waals surface area contributed by atoms with E-state index >= 15 is 0 Å². The summed E-state index contributed by atoms with van der Waals surface area (Å²) >= 11 is 0. The Morgan fingerprint density at radius 3 is 2.48 bits per heavy atom. The van der Waals surface area contributed by atoms with Crippen molar-refractivity contribution < 1.29 is 34.4 Å². The molecule has 126 valence electrons. The number of carbonyl (C=O) groups excluding carboxylic acids is 2. The van der Waals surface area contributed by atoms with E-state index in [1.165, 1.54) is 19.1 Å². The maximum absolute atomic E-state index is 12.2. The van der Waals surface area contributed by atoms with E-state index in [0.717, 1.165) is 0 Å². The van der Waals surface area contributed by atoms with Crippen LogP contribution in [-0.2, 0) is 14.3 Å². The van der Waals surface area contributed by atoms with Crippen LogP contribution in [0.15, 0.2) is 30.3 Å². The van der Waals surface area contributed by atoms with Crippen LogP contribution in [-0.4, -0.2) is 64.4 Å². The molecule has 1 saturated heterocycles. The van der Waals surface area contributed by atoms with E-state index in [1.807, 2.05) is 0 Å². The van der Waals surface area contributed by atoms with Gasteiger partial charge in [0.15, 0.2) is 12.4 Å². The van der Waals surface area contributed by atoms with Crippen LogP contribution in [0, 0.1) is 0 Å². The number of rotatable bonds is 4. The van der Waals surface area contributed by atoms with Gasteiger partial charge >= 0.3 is 5.97 Å². The first-order valence-electron chi connectivity index (χ1n) is 7.09. The third kappa shape index (κ3) is 4.05. The first kappa shape index (κ1) is 17.4. The Kier molecular flexibility index (Phi) is 5.67. The van der Waals surface area contributed by atoms with Gasteiger partial charge in [-0.1, -0.05) is 18.2 Å². The van der Waals surface area contributed by atoms with Gasteiger partial charge in [0, 0.05) is 6.92 Å². The van der Waals surface area contributed by atoms with Crippen molar-refractivity contribution in [3.05, 3.63) is 35.9 Å². The van der Waals surface area contributed by atoms with Gasteiger partial charge in [-0.25, -0.2) is 4.79 Å². The summed E-state index contributed by atoms with van der Waals surface area (Å²) < 4.78 is 10.3. The predicted molar refractivity (Wildman–Crippen MR) is 77.2 cm³/mol. The number of benzene rings is 1. The molecule has 5 atom stereocenters. The summed E-state index contributed by atoms with van der Waals surface area (Å²) in [6.45, 7) is 0.637. The minimum Gasteiger partial charge on any atom is -0.453 e. The summed E-state index contributed by atoms with van der Waals surface area (Å²) in [4.78, 5) is 23.4. The molecule has 0 radical (unpaired) electrons. The Bertz CT molecular complexity index is 550. The van der Waals surface area contributed by atoms with Gasteiger partial charge in [-0.15, -0.1) is 0 Å². The lowest BCUT2D eigenvalue weighted by Crippen LogP contribution is -2.65. The molecule has 1 aromatic rings. The van der Waals surface area contributed by atoms with Crippen LogP contribution in [0.1, 0.15) is 17.3 Å². The molecule has 1 amide bonds. The molecule has 8 nitrogen and oxygen atoms in total. The van der Waals surface area contributed by atoms with Crippen LogP contribution in [0.25, 0.3) is 0 Å². The fraction of sp³-hybridized carbons (Fsp3) is 0.467. The molecule has 1 fully saturated rings. The summed E-state index contributed by atoms with van der Waals surface area (Å²) in [7, 11) is 0. The molecule has 1 aromatic carbocycles. The van der Waals surface area contributed by atoms with Crippen molar-refractivity contribution in [3.63, 3.8) is 0 Å². The fourth-order valence-electron chi connectivity index (χ4n) is 2.38. The van der Waals surface area contributed by atoms with E-state index in [2.05, 4.69) is 5.32 Å². The fourth-order valence-corrected chi connectivity index (χ4v) is 2.38. The Labute approximate surface area is 132 Å². The van der Waals surface area contributed by atoms with Crippen molar-refractivity contribution in [2.24, 2.45) is 0 Å². The number of aliphatic hydroxyl groups is 3. The zero-order valence-electron chi connectivity index (χ0n) is 12.5. The van der Waals surface area contributed by atoms with Gasteiger partial charge in [0.05, 0.1) is 12.2 Å². The lowest BCUT2D eigenvalue weighted by molar-refractivity contribution is -0.253. The normalized spacial score (nSPS) is 30.5. The Hall–Kier alpha value is -2.00. The maximum Gasteiger partial charge on any atom is 0.338 e. The molecular formula is C15H19NO7. The van der Waals surface area contributed by atoms with Gasteiger partial charge in [-0.05, 0) is 12.1 Å². The smallest absolute Gasteiger partial charge is 0.338 e. The number of carbonyl (C=O) groups is 2. The standard InChI is InChI=1S/C15H19NO7/c1-8(18)16-11-13(12(19)10(7-17)22-15(11)21)23-14(20)9-5-3-2-4-6-9/h2-6,10-13,15,17,19,21H,7H2,1H3,(H,16,18)/t10-,11+,12+,13+,15-/m1/s1. The van der Waals surface area contributed by atoms with Gasteiger partial charge < -0.3 is 30.1 Å². The molecule has 23 heavy (non-hydrogen) atoms. The molecule has 0 aliphatic carbocycles. The molecule has 1 aliphatic heterocycles. The minimum absolute atomic E-state index is 0.253. The van der Waals surface area contributed by atoms with E-state index < -0.39 is 49.1 Å². The van der Waals surface area contributed by atoms with E-state index in [1.54, 1.807) is 18.2 Å². The zero-order chi connectivity index (χ0) is 17.0. The molecule has 0 saturated carbocycles. The van der Waals surface area contributed by atoms with Crippen molar-refractivity contribution >= 4 is 11.9 Å². The second kappa shape index (κ2) is 7.51. The van der Waals surface area contributed by atoms with Crippen molar-refractivity contribution in [2.45, 2.75) is 37.6 Å². The van der Waals surface area contributed by atoms with E-state index in [0.29, 0.717) is 0 Å². The number of nitrogens with one attached hydrogen (secondary N) is 1. The highest BCUT2D eigenvalue weighted by molar-refractivity contribution is 5.89. The average Bonchev–Trinajstić information content (AvgIpc) is 2.54. The van der Waals surface area contributed by atoms with Gasteiger partial charge in [0.1, 0.15) is 18.2 Å². The molecule has 0 aromatic heterocycles. The van der Waals surface area contributed by atoms with Crippen LogP contribution >= 0.6 is 0 Å². The summed E-state index contributed by atoms with van der Waals surface area (Å²) in [5.74, 6) is -1.22. The first-order chi connectivity index (χ1) is 10.9. The first-order valence-corrected chi connectivity index (χ1v) is 7.09. The van der Waals surface area contributed by atoms with Crippen molar-refractivity contribution in [1.82, 2.24) is 5.32 Å². The predicted octanol–water partition coefficient (Wildman–Crippen LogP) is -1.21. The molecule has 0 unspecified atom stereocenters. The van der Waals surface area contributed by atoms with Crippen LogP contribution in [0.3, 0.4) is 0 Å². The van der Waals surface area contributed by atoms with Crippen LogP contribution in [0.5, 0.6) is 0 Å². The molecule has 0 spiro atoms. The molecular weight excluding hydrogens is 306 g/mol. The molecule has 0 bridgehead atoms. The lowest BCUT2D eigenvalue weighted by Gasteiger charge is -2.41. The van der Waals surface area contributed by atoms with Crippen molar-refractivity contribution in [2.75, 3.05) is 6.61 Å². The van der Waals surface area contributed by atoms with Crippen LogP contribution < -0.4 is 5.32 Å². The average molecular weight is 325 g/mol. The highest BCUT2D eigenvalue weighted by atomic mass is 16.6. The second-order valence-electron chi connectivity index (χ2n) is 5.20. The summed E-state index contributed by atoms with van der Waals surface area (Å²) in [6, 6.07) is 6.92. The molecule has 2 rings (SSSR count). The summed E-state index contributed by atoms with van der Waals surface area (Å²) in [5, 5.41) is 31.7. The van der Waals surface area contributed by atoms with Crippen molar-refractivity contribution in [3.8, 4) is 0 Å². The van der Waals surface area contributed by atoms with Crippen LogP contribution in [0.4, 0.5) is 0 Å². The van der Waals surface area contributed by atoms with Gasteiger partial charge in [-0.3, -0.25) is 4.79 Å². The second-order valence-corrected chi connectivity index (χ2v) is 5.20. The number of hydrogen-bond donors (Lipinski definition) is 4. The van der Waals surface area contributed by atoms with E-state index in [-0.39, 0.29) is 5.56 Å². The highest BCUT2D eigenvalue weighted by Gasteiger charge is 2.47. The van der Waals surface area contributed by atoms with Gasteiger partial charge in [-0.2, -0.15) is 0 Å². The monoisotopic (exact) mass is 325 g/mol. The van der Waals surface area contributed by atoms with Crippen LogP contribution in [0.2, 0.25) is 0 Å². The number of amides is 1. The summed E-state index contributed by atoms with van der Waals surface area (Å²) in [5.41, 5.74) is 0.253. The number of ether oxygens (including phenoxy) is 2. The Morgan fingerprint density at radius 1 is 1.26 bits per heavy atom.